The highest BCUT2D eigenvalue weighted by molar-refractivity contribution is 7.23. The molecule has 0 unspecified atom stereocenters. The number of rotatable bonds is 5. The summed E-state index contributed by atoms with van der Waals surface area (Å²) in [5.74, 6) is 4.00. The van der Waals surface area contributed by atoms with Crippen molar-refractivity contribution in [3.63, 3.8) is 0 Å². The molecule has 0 atom stereocenters. The molecule has 2 aromatic rings. The largest absolute Gasteiger partial charge is 0.487 e. The summed E-state index contributed by atoms with van der Waals surface area (Å²) in [7, 11) is -0.641. The van der Waals surface area contributed by atoms with Gasteiger partial charge >= 0.3 is 14.2 Å². The molecular weight excluding hydrogens is 438 g/mol. The smallest absolute Gasteiger partial charge is 0.400 e. The van der Waals surface area contributed by atoms with Gasteiger partial charge in [0.1, 0.15) is 0 Å². The van der Waals surface area contributed by atoms with Gasteiger partial charge in [-0.2, -0.15) is 0 Å². The number of hydrogen-bond donors (Lipinski definition) is 0. The fourth-order valence-electron chi connectivity index (χ4n) is 3.43. The van der Waals surface area contributed by atoms with E-state index >= 15 is 0 Å². The Balaban J connectivity index is 1.39. The molecule has 170 valence electrons. The minimum absolute atomic E-state index is 0.316. The highest BCUT2D eigenvalue weighted by Crippen LogP contribution is 2.39. The van der Waals surface area contributed by atoms with Gasteiger partial charge in [0.2, 0.25) is 0 Å². The van der Waals surface area contributed by atoms with E-state index < -0.39 is 0 Å². The summed E-state index contributed by atoms with van der Waals surface area (Å²) in [6, 6.07) is 8.62. The zero-order valence-corrected chi connectivity index (χ0v) is 21.9. The molecule has 0 spiro atoms. The van der Waals surface area contributed by atoms with E-state index in [-0.39, 0.29) is 36.6 Å². The Labute approximate surface area is 200 Å². The average molecular weight is 470 g/mol. The fraction of sp³-hybridized carbons (Fsp3) is 0.500. The van der Waals surface area contributed by atoms with Crippen LogP contribution >= 0.6 is 22.7 Å². The summed E-state index contributed by atoms with van der Waals surface area (Å²) >= 11 is 3.53. The SMILES string of the molecule is CC1(C)OB(/C=C/c2ccc(-c3ccc(/C=C/B4OC(C)(C)C(C)(C)O4)s3)s2)OC1(C)C. The Morgan fingerprint density at radius 2 is 0.875 bits per heavy atom. The van der Waals surface area contributed by atoms with Crippen LogP contribution in [0.3, 0.4) is 0 Å². The third-order valence-electron chi connectivity index (χ3n) is 6.87. The van der Waals surface area contributed by atoms with Gasteiger partial charge < -0.3 is 18.6 Å². The van der Waals surface area contributed by atoms with Crippen LogP contribution in [0.4, 0.5) is 0 Å². The van der Waals surface area contributed by atoms with Gasteiger partial charge in [-0.05, 0) is 79.7 Å². The molecule has 2 aromatic heterocycles. The highest BCUT2D eigenvalue weighted by atomic mass is 32.1. The van der Waals surface area contributed by atoms with Crippen molar-refractivity contribution in [1.29, 1.82) is 0 Å². The van der Waals surface area contributed by atoms with E-state index in [2.05, 4.69) is 91.8 Å². The Morgan fingerprint density at radius 1 is 0.562 bits per heavy atom. The van der Waals surface area contributed by atoms with E-state index in [1.807, 2.05) is 12.0 Å². The van der Waals surface area contributed by atoms with E-state index in [4.69, 9.17) is 18.6 Å². The molecule has 0 aliphatic carbocycles. The molecule has 32 heavy (non-hydrogen) atoms. The minimum Gasteiger partial charge on any atom is -0.400 e. The zero-order valence-electron chi connectivity index (χ0n) is 20.2. The topological polar surface area (TPSA) is 36.9 Å². The van der Waals surface area contributed by atoms with Crippen LogP contribution in [0, 0.1) is 0 Å². The maximum Gasteiger partial charge on any atom is 0.487 e. The lowest BCUT2D eigenvalue weighted by atomic mass is 9.90. The van der Waals surface area contributed by atoms with Crippen molar-refractivity contribution < 1.29 is 18.6 Å². The van der Waals surface area contributed by atoms with Gasteiger partial charge in [-0.15, -0.1) is 22.7 Å². The van der Waals surface area contributed by atoms with Crippen molar-refractivity contribution >= 4 is 49.1 Å². The average Bonchev–Trinajstić information content (AvgIpc) is 3.38. The summed E-state index contributed by atoms with van der Waals surface area (Å²) in [5, 5.41) is 0. The van der Waals surface area contributed by atoms with Crippen LogP contribution in [-0.2, 0) is 18.6 Å². The molecule has 4 rings (SSSR count). The first-order valence-corrected chi connectivity index (χ1v) is 12.7. The first-order chi connectivity index (χ1) is 14.8. The van der Waals surface area contributed by atoms with Crippen molar-refractivity contribution in [1.82, 2.24) is 0 Å². The maximum absolute atomic E-state index is 6.04. The predicted octanol–water partition coefficient (Wildman–Crippen LogP) is 6.77. The molecule has 8 heteroatoms. The second kappa shape index (κ2) is 8.26. The van der Waals surface area contributed by atoms with E-state index in [9.17, 15) is 0 Å². The summed E-state index contributed by atoms with van der Waals surface area (Å²) in [5.41, 5.74) is -1.26. The second-order valence-corrected chi connectivity index (χ2v) is 12.6. The van der Waals surface area contributed by atoms with E-state index in [0.29, 0.717) is 0 Å². The molecular formula is C24H32B2O4S2. The van der Waals surface area contributed by atoms with Crippen LogP contribution in [0.1, 0.15) is 65.1 Å². The Bertz CT molecular complexity index is 918. The lowest BCUT2D eigenvalue weighted by Crippen LogP contribution is -2.41. The van der Waals surface area contributed by atoms with Crippen LogP contribution < -0.4 is 0 Å². The van der Waals surface area contributed by atoms with Gasteiger partial charge in [0.05, 0.1) is 22.4 Å². The summed E-state index contributed by atoms with van der Waals surface area (Å²) in [6.07, 6.45) is 4.17. The van der Waals surface area contributed by atoms with Gasteiger partial charge in [-0.1, -0.05) is 24.1 Å². The second-order valence-electron chi connectivity index (χ2n) is 10.4. The molecule has 0 aromatic carbocycles. The molecule has 0 radical (unpaired) electrons. The van der Waals surface area contributed by atoms with Crippen molar-refractivity contribution in [2.75, 3.05) is 0 Å². The van der Waals surface area contributed by atoms with Crippen LogP contribution in [-0.4, -0.2) is 36.6 Å². The van der Waals surface area contributed by atoms with E-state index in [1.165, 1.54) is 19.5 Å². The predicted molar refractivity (Wildman–Crippen MR) is 138 cm³/mol. The van der Waals surface area contributed by atoms with Gasteiger partial charge in [-0.25, -0.2) is 0 Å². The molecule has 2 fully saturated rings. The van der Waals surface area contributed by atoms with Gasteiger partial charge in [0, 0.05) is 19.5 Å². The lowest BCUT2D eigenvalue weighted by Gasteiger charge is -2.32. The first kappa shape index (κ1) is 24.0. The molecule has 4 heterocycles. The lowest BCUT2D eigenvalue weighted by molar-refractivity contribution is 0.00578. The standard InChI is InChI=1S/C24H32B2O4S2/c1-21(2)22(3,4)28-25(27-21)15-13-17-9-11-19(31-17)20-12-10-18(32-20)14-16-26-29-23(5,6)24(7,8)30-26/h9-16H,1-8H3/b15-13+,16-14+. The van der Waals surface area contributed by atoms with Gasteiger partial charge in [0.25, 0.3) is 0 Å². The normalized spacial score (nSPS) is 23.8. The molecule has 0 amide bonds. The van der Waals surface area contributed by atoms with Gasteiger partial charge in [0.15, 0.2) is 0 Å². The molecule has 2 aliphatic rings. The fourth-order valence-corrected chi connectivity index (χ4v) is 5.36. The highest BCUT2D eigenvalue weighted by Gasteiger charge is 2.50. The van der Waals surface area contributed by atoms with Crippen LogP contribution in [0.2, 0.25) is 0 Å². The third kappa shape index (κ3) is 4.72. The quantitative estimate of drug-likeness (QED) is 0.453. The summed E-state index contributed by atoms with van der Waals surface area (Å²) in [6.45, 7) is 16.6. The molecule has 0 bridgehead atoms. The third-order valence-corrected chi connectivity index (χ3v) is 9.17. The summed E-state index contributed by atoms with van der Waals surface area (Å²) in [4.78, 5) is 4.85. The maximum atomic E-state index is 6.04. The minimum atomic E-state index is -0.320. The van der Waals surface area contributed by atoms with Crippen LogP contribution in [0.25, 0.3) is 21.9 Å². The molecule has 4 nitrogen and oxygen atoms in total. The van der Waals surface area contributed by atoms with E-state index in [1.54, 1.807) is 22.7 Å². The molecule has 2 aliphatic heterocycles. The number of thiophene rings is 2. The monoisotopic (exact) mass is 470 g/mol. The molecule has 0 N–H and O–H groups in total. The van der Waals surface area contributed by atoms with Crippen molar-refractivity contribution in [2.24, 2.45) is 0 Å². The van der Waals surface area contributed by atoms with E-state index in [0.717, 1.165) is 0 Å². The zero-order chi connectivity index (χ0) is 23.4. The van der Waals surface area contributed by atoms with Crippen molar-refractivity contribution in [3.05, 3.63) is 46.0 Å². The Hall–Kier alpha value is -1.15. The van der Waals surface area contributed by atoms with Crippen LogP contribution in [0.5, 0.6) is 0 Å². The van der Waals surface area contributed by atoms with Crippen molar-refractivity contribution in [3.8, 4) is 9.75 Å². The molecule has 0 saturated carbocycles. The van der Waals surface area contributed by atoms with Crippen LogP contribution in [0.15, 0.2) is 36.2 Å². The van der Waals surface area contributed by atoms with Gasteiger partial charge in [-0.3, -0.25) is 0 Å². The Morgan fingerprint density at radius 3 is 1.19 bits per heavy atom. The Kier molecular flexibility index (Phi) is 6.19. The number of hydrogen-bond acceptors (Lipinski definition) is 6. The molecule has 2 saturated heterocycles. The van der Waals surface area contributed by atoms with Crippen molar-refractivity contribution in [2.45, 2.75) is 77.8 Å². The summed E-state index contributed by atoms with van der Waals surface area (Å²) < 4.78 is 24.2. The first-order valence-electron chi connectivity index (χ1n) is 11.1.